The minimum atomic E-state index is 0.151. The van der Waals surface area contributed by atoms with Crippen LogP contribution in [-0.2, 0) is 6.54 Å². The van der Waals surface area contributed by atoms with Gasteiger partial charge in [-0.25, -0.2) is 0 Å². The molecule has 1 aromatic heterocycles. The fourth-order valence-electron chi connectivity index (χ4n) is 1.33. The lowest BCUT2D eigenvalue weighted by atomic mass is 10.1. The third-order valence-electron chi connectivity index (χ3n) is 2.52. The Labute approximate surface area is 80.7 Å². The average Bonchev–Trinajstić information content (AvgIpc) is 2.52. The third kappa shape index (κ3) is 2.88. The molecule has 0 aromatic carbocycles. The van der Waals surface area contributed by atoms with Crippen molar-refractivity contribution >= 4 is 0 Å². The number of nitrogens with zero attached hydrogens (tertiary/aromatic N) is 1. The highest BCUT2D eigenvalue weighted by molar-refractivity contribution is 5.13. The lowest BCUT2D eigenvalue weighted by Gasteiger charge is -2.09. The van der Waals surface area contributed by atoms with E-state index in [1.54, 1.807) is 0 Å². The summed E-state index contributed by atoms with van der Waals surface area (Å²) in [6.45, 7) is 7.61. The molecule has 0 saturated carbocycles. The lowest BCUT2D eigenvalue weighted by molar-refractivity contribution is 0.469. The molecular formula is C11H20N2. The lowest BCUT2D eigenvalue weighted by Crippen LogP contribution is -2.06. The first-order valence-electron chi connectivity index (χ1n) is 5.04. The van der Waals surface area contributed by atoms with E-state index >= 15 is 0 Å². The van der Waals surface area contributed by atoms with Gasteiger partial charge < -0.3 is 10.3 Å². The van der Waals surface area contributed by atoms with Crippen molar-refractivity contribution in [2.75, 3.05) is 0 Å². The van der Waals surface area contributed by atoms with Crippen LogP contribution in [0, 0.1) is 5.92 Å². The molecule has 0 radical (unpaired) electrons. The van der Waals surface area contributed by atoms with Gasteiger partial charge in [0.2, 0.25) is 0 Å². The summed E-state index contributed by atoms with van der Waals surface area (Å²) in [6, 6.07) is 2.26. The second-order valence-electron chi connectivity index (χ2n) is 3.94. The number of nitrogens with two attached hydrogens (primary N) is 1. The van der Waals surface area contributed by atoms with Crippen LogP contribution in [0.2, 0.25) is 0 Å². The molecule has 0 spiro atoms. The SMILES string of the molecule is CCC(C)Cn1ccc(C(C)N)c1. The standard InChI is InChI=1S/C11H20N2/c1-4-9(2)7-13-6-5-11(8-13)10(3)12/h5-6,8-10H,4,7,12H2,1-3H3. The summed E-state index contributed by atoms with van der Waals surface area (Å²) < 4.78 is 2.23. The van der Waals surface area contributed by atoms with Crippen LogP contribution >= 0.6 is 0 Å². The quantitative estimate of drug-likeness (QED) is 0.758. The molecule has 2 heteroatoms. The second-order valence-corrected chi connectivity index (χ2v) is 3.94. The number of aromatic nitrogens is 1. The van der Waals surface area contributed by atoms with Gasteiger partial charge >= 0.3 is 0 Å². The molecule has 2 N–H and O–H groups in total. The molecule has 0 fully saturated rings. The van der Waals surface area contributed by atoms with E-state index in [2.05, 4.69) is 36.9 Å². The van der Waals surface area contributed by atoms with E-state index in [4.69, 9.17) is 5.73 Å². The summed E-state index contributed by atoms with van der Waals surface area (Å²) in [7, 11) is 0. The average molecular weight is 180 g/mol. The Bertz CT molecular complexity index is 250. The maximum Gasteiger partial charge on any atom is 0.0281 e. The third-order valence-corrected chi connectivity index (χ3v) is 2.52. The summed E-state index contributed by atoms with van der Waals surface area (Å²) in [5, 5.41) is 0. The van der Waals surface area contributed by atoms with Gasteiger partial charge in [-0.05, 0) is 24.5 Å². The van der Waals surface area contributed by atoms with Crippen LogP contribution in [0.25, 0.3) is 0 Å². The predicted octanol–water partition coefficient (Wildman–Crippen LogP) is 2.55. The maximum absolute atomic E-state index is 5.78. The van der Waals surface area contributed by atoms with E-state index < -0.39 is 0 Å². The Morgan fingerprint density at radius 2 is 2.15 bits per heavy atom. The van der Waals surface area contributed by atoms with E-state index in [0.717, 1.165) is 12.5 Å². The van der Waals surface area contributed by atoms with Gasteiger partial charge in [0.15, 0.2) is 0 Å². The first-order chi connectivity index (χ1) is 6.13. The molecule has 13 heavy (non-hydrogen) atoms. The largest absolute Gasteiger partial charge is 0.354 e. The minimum Gasteiger partial charge on any atom is -0.354 e. The molecule has 2 unspecified atom stereocenters. The van der Waals surface area contributed by atoms with E-state index in [0.29, 0.717) is 0 Å². The summed E-state index contributed by atoms with van der Waals surface area (Å²) >= 11 is 0. The number of hydrogen-bond acceptors (Lipinski definition) is 1. The molecule has 1 heterocycles. The van der Waals surface area contributed by atoms with Crippen LogP contribution < -0.4 is 5.73 Å². The van der Waals surface area contributed by atoms with E-state index in [9.17, 15) is 0 Å². The molecule has 0 aliphatic rings. The zero-order chi connectivity index (χ0) is 9.84. The fourth-order valence-corrected chi connectivity index (χ4v) is 1.33. The van der Waals surface area contributed by atoms with E-state index in [1.807, 2.05) is 6.92 Å². The molecule has 0 bridgehead atoms. The Balaban J connectivity index is 2.58. The Morgan fingerprint density at radius 3 is 2.62 bits per heavy atom. The van der Waals surface area contributed by atoms with E-state index in [-0.39, 0.29) is 6.04 Å². The van der Waals surface area contributed by atoms with Crippen molar-refractivity contribution in [3.05, 3.63) is 24.0 Å². The molecule has 2 atom stereocenters. The van der Waals surface area contributed by atoms with Crippen LogP contribution in [0.15, 0.2) is 18.5 Å². The second kappa shape index (κ2) is 4.47. The number of hydrogen-bond donors (Lipinski definition) is 1. The summed E-state index contributed by atoms with van der Waals surface area (Å²) in [5.74, 6) is 0.744. The van der Waals surface area contributed by atoms with Gasteiger partial charge in [-0.2, -0.15) is 0 Å². The first kappa shape index (κ1) is 10.3. The molecule has 0 aliphatic carbocycles. The maximum atomic E-state index is 5.78. The highest BCUT2D eigenvalue weighted by atomic mass is 14.9. The van der Waals surface area contributed by atoms with Gasteiger partial charge in [-0.15, -0.1) is 0 Å². The van der Waals surface area contributed by atoms with Crippen molar-refractivity contribution < 1.29 is 0 Å². The predicted molar refractivity (Wildman–Crippen MR) is 56.5 cm³/mol. The monoisotopic (exact) mass is 180 g/mol. The van der Waals surface area contributed by atoms with Gasteiger partial charge in [-0.3, -0.25) is 0 Å². The van der Waals surface area contributed by atoms with Gasteiger partial charge in [0.05, 0.1) is 0 Å². The zero-order valence-electron chi connectivity index (χ0n) is 8.83. The van der Waals surface area contributed by atoms with Gasteiger partial charge in [0.25, 0.3) is 0 Å². The molecule has 74 valence electrons. The molecule has 0 amide bonds. The van der Waals surface area contributed by atoms with Gasteiger partial charge in [0.1, 0.15) is 0 Å². The minimum absolute atomic E-state index is 0.151. The molecule has 1 rings (SSSR count). The fraction of sp³-hybridized carbons (Fsp3) is 0.636. The summed E-state index contributed by atoms with van der Waals surface area (Å²) in [6.07, 6.45) is 5.49. The highest BCUT2D eigenvalue weighted by Crippen LogP contribution is 2.12. The summed E-state index contributed by atoms with van der Waals surface area (Å²) in [4.78, 5) is 0. The van der Waals surface area contributed by atoms with Crippen molar-refractivity contribution in [1.29, 1.82) is 0 Å². The van der Waals surface area contributed by atoms with Crippen molar-refractivity contribution in [3.63, 3.8) is 0 Å². The van der Waals surface area contributed by atoms with Crippen molar-refractivity contribution in [1.82, 2.24) is 4.57 Å². The van der Waals surface area contributed by atoms with Crippen LogP contribution in [0.3, 0.4) is 0 Å². The number of rotatable bonds is 4. The molecular weight excluding hydrogens is 160 g/mol. The van der Waals surface area contributed by atoms with Crippen LogP contribution in [0.1, 0.15) is 38.8 Å². The van der Waals surface area contributed by atoms with E-state index in [1.165, 1.54) is 12.0 Å². The zero-order valence-corrected chi connectivity index (χ0v) is 8.83. The van der Waals surface area contributed by atoms with Crippen molar-refractivity contribution in [2.45, 2.75) is 39.8 Å². The highest BCUT2D eigenvalue weighted by Gasteiger charge is 2.03. The molecule has 2 nitrogen and oxygen atoms in total. The van der Waals surface area contributed by atoms with Gasteiger partial charge in [-0.1, -0.05) is 20.3 Å². The molecule has 0 saturated heterocycles. The van der Waals surface area contributed by atoms with Crippen LogP contribution in [-0.4, -0.2) is 4.57 Å². The van der Waals surface area contributed by atoms with Crippen LogP contribution in [0.5, 0.6) is 0 Å². The van der Waals surface area contributed by atoms with Crippen molar-refractivity contribution in [3.8, 4) is 0 Å². The normalized spacial score (nSPS) is 15.7. The van der Waals surface area contributed by atoms with Crippen molar-refractivity contribution in [2.24, 2.45) is 11.7 Å². The van der Waals surface area contributed by atoms with Gasteiger partial charge in [0, 0.05) is 25.0 Å². The van der Waals surface area contributed by atoms with Crippen LogP contribution in [0.4, 0.5) is 0 Å². The Hall–Kier alpha value is -0.760. The molecule has 1 aromatic rings. The smallest absolute Gasteiger partial charge is 0.0281 e. The Morgan fingerprint density at radius 1 is 1.46 bits per heavy atom. The Kier molecular flexibility index (Phi) is 3.55. The summed E-state index contributed by atoms with van der Waals surface area (Å²) in [5.41, 5.74) is 7.00. The topological polar surface area (TPSA) is 30.9 Å². The first-order valence-corrected chi connectivity index (χ1v) is 5.04. The molecule has 0 aliphatic heterocycles.